The van der Waals surface area contributed by atoms with Gasteiger partial charge in [0.2, 0.25) is 0 Å². The minimum atomic E-state index is -0.363. The van der Waals surface area contributed by atoms with Crippen LogP contribution in [0.25, 0.3) is 11.0 Å². The molecule has 2 heterocycles. The van der Waals surface area contributed by atoms with Gasteiger partial charge in [-0.1, -0.05) is 18.2 Å². The lowest BCUT2D eigenvalue weighted by Crippen LogP contribution is -2.41. The Morgan fingerprint density at radius 2 is 1.79 bits per heavy atom. The zero-order valence-electron chi connectivity index (χ0n) is 15.4. The van der Waals surface area contributed by atoms with E-state index < -0.39 is 0 Å². The molecule has 28 heavy (non-hydrogen) atoms. The van der Waals surface area contributed by atoms with E-state index in [1.807, 2.05) is 24.3 Å². The maximum Gasteiger partial charge on any atom is 0.289 e. The summed E-state index contributed by atoms with van der Waals surface area (Å²) < 4.78 is 18.6. The summed E-state index contributed by atoms with van der Waals surface area (Å²) in [6.07, 6.45) is 1.63. The van der Waals surface area contributed by atoms with Gasteiger partial charge < -0.3 is 14.6 Å². The molecule has 2 amide bonds. The first-order chi connectivity index (χ1) is 13.6. The number of carbonyl (C=O) groups is 2. The Morgan fingerprint density at radius 3 is 2.50 bits per heavy atom. The van der Waals surface area contributed by atoms with Crippen LogP contribution in [0.5, 0.6) is 0 Å². The van der Waals surface area contributed by atoms with Gasteiger partial charge in [0.1, 0.15) is 11.4 Å². The molecule has 0 radical (unpaired) electrons. The average Bonchev–Trinajstić information content (AvgIpc) is 3.16. The number of piperidine rings is 1. The van der Waals surface area contributed by atoms with Crippen molar-refractivity contribution < 1.29 is 18.4 Å². The van der Waals surface area contributed by atoms with Crippen molar-refractivity contribution in [3.8, 4) is 0 Å². The summed E-state index contributed by atoms with van der Waals surface area (Å²) in [5.74, 6) is 0.0113. The predicted octanol–water partition coefficient (Wildman–Crippen LogP) is 3.85. The van der Waals surface area contributed by atoms with Crippen LogP contribution in [0.4, 0.5) is 4.39 Å². The summed E-state index contributed by atoms with van der Waals surface area (Å²) in [5.41, 5.74) is 1.16. The molecule has 1 aromatic heterocycles. The van der Waals surface area contributed by atoms with Crippen LogP contribution in [-0.2, 0) is 0 Å². The van der Waals surface area contributed by atoms with Crippen LogP contribution in [0.1, 0.15) is 33.8 Å². The van der Waals surface area contributed by atoms with Crippen LogP contribution >= 0.6 is 0 Å². The van der Waals surface area contributed by atoms with Gasteiger partial charge in [-0.3, -0.25) is 9.59 Å². The molecule has 1 aliphatic rings. The number of para-hydroxylation sites is 1. The Bertz CT molecular complexity index is 955. The van der Waals surface area contributed by atoms with E-state index in [4.69, 9.17) is 4.42 Å². The summed E-state index contributed by atoms with van der Waals surface area (Å²) in [6, 6.07) is 14.8. The highest BCUT2D eigenvalue weighted by Gasteiger charge is 2.26. The molecule has 6 heteroatoms. The quantitative estimate of drug-likeness (QED) is 0.748. The predicted molar refractivity (Wildman–Crippen MR) is 104 cm³/mol. The van der Waals surface area contributed by atoms with Crippen LogP contribution in [0.2, 0.25) is 0 Å². The number of fused-ring (bicyclic) bond motifs is 1. The number of furan rings is 1. The monoisotopic (exact) mass is 380 g/mol. The number of likely N-dealkylation sites (tertiary alicyclic amines) is 1. The Balaban J connectivity index is 1.28. The zero-order chi connectivity index (χ0) is 19.5. The molecular weight excluding hydrogens is 359 g/mol. The molecule has 1 saturated heterocycles. The molecule has 0 spiro atoms. The highest BCUT2D eigenvalue weighted by atomic mass is 19.1. The second kappa shape index (κ2) is 7.84. The topological polar surface area (TPSA) is 62.6 Å². The molecule has 2 aromatic carbocycles. The van der Waals surface area contributed by atoms with Crippen LogP contribution in [0.15, 0.2) is 59.0 Å². The molecule has 0 atom stereocenters. The molecular formula is C22H21FN2O3. The molecule has 0 unspecified atom stereocenters. The lowest BCUT2D eigenvalue weighted by atomic mass is 9.96. The van der Waals surface area contributed by atoms with Gasteiger partial charge in [0.05, 0.1) is 0 Å². The van der Waals surface area contributed by atoms with Crippen molar-refractivity contribution in [2.24, 2.45) is 5.92 Å². The van der Waals surface area contributed by atoms with Gasteiger partial charge >= 0.3 is 0 Å². The van der Waals surface area contributed by atoms with Crippen molar-refractivity contribution >= 4 is 22.8 Å². The number of amides is 2. The minimum absolute atomic E-state index is 0.0926. The number of rotatable bonds is 4. The number of hydrogen-bond donors (Lipinski definition) is 1. The van der Waals surface area contributed by atoms with Gasteiger partial charge in [-0.25, -0.2) is 4.39 Å². The SMILES string of the molecule is O=C(NCC1CCN(C(=O)c2cc3ccccc3o2)CC1)c1ccc(F)cc1. The lowest BCUT2D eigenvalue weighted by Gasteiger charge is -2.31. The molecule has 1 fully saturated rings. The third kappa shape index (κ3) is 3.91. The van der Waals surface area contributed by atoms with E-state index in [0.29, 0.717) is 42.5 Å². The molecule has 0 saturated carbocycles. The maximum absolute atomic E-state index is 12.9. The first kappa shape index (κ1) is 18.2. The summed E-state index contributed by atoms with van der Waals surface area (Å²) in [6.45, 7) is 1.81. The van der Waals surface area contributed by atoms with E-state index in [1.165, 1.54) is 24.3 Å². The third-order valence-electron chi connectivity index (χ3n) is 5.20. The molecule has 0 aliphatic carbocycles. The molecule has 4 rings (SSSR count). The first-order valence-electron chi connectivity index (χ1n) is 9.42. The molecule has 144 valence electrons. The normalized spacial score (nSPS) is 15.0. The standard InChI is InChI=1S/C22H21FN2O3/c23-18-7-5-16(6-8-18)21(26)24-14-15-9-11-25(12-10-15)22(27)20-13-17-3-1-2-4-19(17)28-20/h1-8,13,15H,9-12,14H2,(H,24,26). The number of hydrogen-bond acceptors (Lipinski definition) is 3. The summed E-state index contributed by atoms with van der Waals surface area (Å²) in [7, 11) is 0. The van der Waals surface area contributed by atoms with Gasteiger partial charge in [0, 0.05) is 30.6 Å². The van der Waals surface area contributed by atoms with E-state index in [2.05, 4.69) is 5.32 Å². The molecule has 1 N–H and O–H groups in total. The highest BCUT2D eigenvalue weighted by Crippen LogP contribution is 2.23. The van der Waals surface area contributed by atoms with Gasteiger partial charge in [0.15, 0.2) is 5.76 Å². The van der Waals surface area contributed by atoms with Crippen molar-refractivity contribution in [2.45, 2.75) is 12.8 Å². The maximum atomic E-state index is 12.9. The van der Waals surface area contributed by atoms with Crippen molar-refractivity contribution in [1.82, 2.24) is 10.2 Å². The largest absolute Gasteiger partial charge is 0.451 e. The number of benzene rings is 2. The van der Waals surface area contributed by atoms with Crippen LogP contribution in [-0.4, -0.2) is 36.3 Å². The number of nitrogens with one attached hydrogen (secondary N) is 1. The molecule has 1 aliphatic heterocycles. The summed E-state index contributed by atoms with van der Waals surface area (Å²) in [4.78, 5) is 26.6. The van der Waals surface area contributed by atoms with Gasteiger partial charge in [-0.15, -0.1) is 0 Å². The van der Waals surface area contributed by atoms with Crippen LogP contribution < -0.4 is 5.32 Å². The minimum Gasteiger partial charge on any atom is -0.451 e. The molecule has 3 aromatic rings. The summed E-state index contributed by atoms with van der Waals surface area (Å²) >= 11 is 0. The molecule has 5 nitrogen and oxygen atoms in total. The van der Waals surface area contributed by atoms with E-state index in [9.17, 15) is 14.0 Å². The smallest absolute Gasteiger partial charge is 0.289 e. The Labute approximate surface area is 162 Å². The average molecular weight is 380 g/mol. The number of halogens is 1. The van der Waals surface area contributed by atoms with Crippen molar-refractivity contribution in [1.29, 1.82) is 0 Å². The zero-order valence-corrected chi connectivity index (χ0v) is 15.4. The highest BCUT2D eigenvalue weighted by molar-refractivity contribution is 5.96. The van der Waals surface area contributed by atoms with Gasteiger partial charge in [0.25, 0.3) is 11.8 Å². The Hall–Kier alpha value is -3.15. The van der Waals surface area contributed by atoms with Crippen molar-refractivity contribution in [2.75, 3.05) is 19.6 Å². The Kier molecular flexibility index (Phi) is 5.10. The lowest BCUT2D eigenvalue weighted by molar-refractivity contribution is 0.0655. The van der Waals surface area contributed by atoms with E-state index in [0.717, 1.165) is 18.2 Å². The van der Waals surface area contributed by atoms with Crippen LogP contribution in [0, 0.1) is 11.7 Å². The fraction of sp³-hybridized carbons (Fsp3) is 0.273. The van der Waals surface area contributed by atoms with Gasteiger partial charge in [-0.2, -0.15) is 0 Å². The Morgan fingerprint density at radius 1 is 1.07 bits per heavy atom. The summed E-state index contributed by atoms with van der Waals surface area (Å²) in [5, 5.41) is 3.82. The van der Waals surface area contributed by atoms with Crippen LogP contribution in [0.3, 0.4) is 0 Å². The molecule has 0 bridgehead atoms. The van der Waals surface area contributed by atoms with E-state index >= 15 is 0 Å². The second-order valence-electron chi connectivity index (χ2n) is 7.10. The van der Waals surface area contributed by atoms with Crippen molar-refractivity contribution in [3.05, 3.63) is 71.7 Å². The fourth-order valence-corrected chi connectivity index (χ4v) is 3.52. The van der Waals surface area contributed by atoms with E-state index in [-0.39, 0.29) is 17.6 Å². The van der Waals surface area contributed by atoms with E-state index in [1.54, 1.807) is 11.0 Å². The number of nitrogens with zero attached hydrogens (tertiary/aromatic N) is 1. The first-order valence-corrected chi connectivity index (χ1v) is 9.42. The van der Waals surface area contributed by atoms with Gasteiger partial charge in [-0.05, 0) is 55.2 Å². The third-order valence-corrected chi connectivity index (χ3v) is 5.20. The fourth-order valence-electron chi connectivity index (χ4n) is 3.52. The van der Waals surface area contributed by atoms with Crippen molar-refractivity contribution in [3.63, 3.8) is 0 Å². The number of carbonyl (C=O) groups excluding carboxylic acids is 2. The second-order valence-corrected chi connectivity index (χ2v) is 7.10.